The highest BCUT2D eigenvalue weighted by molar-refractivity contribution is 5.49. The van der Waals surface area contributed by atoms with Crippen LogP contribution in [0.4, 0.5) is 0 Å². The Morgan fingerprint density at radius 2 is 1.44 bits per heavy atom. The van der Waals surface area contributed by atoms with Crippen molar-refractivity contribution in [3.8, 4) is 0 Å². The normalized spacial score (nSPS) is 12.8. The maximum atomic E-state index is 11.0. The maximum absolute atomic E-state index is 11.0. The lowest BCUT2D eigenvalue weighted by Gasteiger charge is -1.96. The molecule has 0 fully saturated rings. The van der Waals surface area contributed by atoms with E-state index in [0.29, 0.717) is 32.1 Å². The Hall–Kier alpha value is -2.57. The number of hydrogen-bond donors (Lipinski definition) is 0. The van der Waals surface area contributed by atoms with Gasteiger partial charge in [-0.1, -0.05) is 44.1 Å². The highest BCUT2D eigenvalue weighted by atomic mass is 16.6. The molecule has 0 bridgehead atoms. The van der Waals surface area contributed by atoms with Gasteiger partial charge in [-0.05, 0) is 44.3 Å². The molecule has 0 radical (unpaired) electrons. The number of allylic oxidation sites excluding steroid dienone is 7. The third kappa shape index (κ3) is 14.3. The zero-order valence-corrected chi connectivity index (χ0v) is 16.0. The lowest BCUT2D eigenvalue weighted by Crippen LogP contribution is -1.98. The molecule has 0 rings (SSSR count). The van der Waals surface area contributed by atoms with Crippen LogP contribution >= 0.6 is 0 Å². The quantitative estimate of drug-likeness (QED) is 0.115. The second-order valence-corrected chi connectivity index (χ2v) is 6.08. The minimum Gasteiger partial charge on any atom is -0.303 e. The van der Waals surface area contributed by atoms with E-state index in [2.05, 4.69) is 6.92 Å². The van der Waals surface area contributed by atoms with Crippen molar-refractivity contribution in [3.05, 3.63) is 68.1 Å². The lowest BCUT2D eigenvalue weighted by atomic mass is 10.1. The number of carbonyl (C=O) groups excluding carboxylic acids is 1. The number of nitrogens with zero attached hydrogens (tertiary/aromatic N) is 2. The standard InChI is InChI=1S/C20H30N2O5/c1-2-3-4-5-6-9-14-19(21(24)25)15-10-7-8-11-16-20(22(26)27)17-12-13-18-23/h6-9,15-16,18H,2-5,10-14,17H2,1H3/b8-7-,9-6-,19-15+,20-16+. The summed E-state index contributed by atoms with van der Waals surface area (Å²) in [6, 6.07) is 0. The van der Waals surface area contributed by atoms with E-state index in [0.717, 1.165) is 32.0 Å². The van der Waals surface area contributed by atoms with Gasteiger partial charge in [-0.2, -0.15) is 0 Å². The first-order valence-electron chi connectivity index (χ1n) is 9.43. The Balaban J connectivity index is 4.41. The molecule has 0 aromatic carbocycles. The van der Waals surface area contributed by atoms with E-state index < -0.39 is 4.92 Å². The number of rotatable bonds is 16. The van der Waals surface area contributed by atoms with Gasteiger partial charge in [0.05, 0.1) is 16.3 Å². The van der Waals surface area contributed by atoms with Gasteiger partial charge in [0, 0.05) is 12.8 Å². The number of aldehydes is 1. The first-order chi connectivity index (χ1) is 13.0. The zero-order chi connectivity index (χ0) is 20.3. The van der Waals surface area contributed by atoms with Crippen LogP contribution in [0, 0.1) is 20.2 Å². The highest BCUT2D eigenvalue weighted by Crippen LogP contribution is 2.10. The van der Waals surface area contributed by atoms with Gasteiger partial charge < -0.3 is 4.79 Å². The topological polar surface area (TPSA) is 103 Å². The number of nitro groups is 2. The molecule has 0 amide bonds. The monoisotopic (exact) mass is 378 g/mol. The van der Waals surface area contributed by atoms with Crippen molar-refractivity contribution in [1.82, 2.24) is 0 Å². The fraction of sp³-hybridized carbons (Fsp3) is 0.550. The minimum absolute atomic E-state index is 0.0937. The van der Waals surface area contributed by atoms with Crippen molar-refractivity contribution in [2.75, 3.05) is 0 Å². The van der Waals surface area contributed by atoms with Gasteiger partial charge in [-0.15, -0.1) is 0 Å². The van der Waals surface area contributed by atoms with Crippen molar-refractivity contribution >= 4 is 6.29 Å². The van der Waals surface area contributed by atoms with Crippen molar-refractivity contribution in [1.29, 1.82) is 0 Å². The van der Waals surface area contributed by atoms with Gasteiger partial charge in [0.2, 0.25) is 11.4 Å². The Morgan fingerprint density at radius 1 is 0.815 bits per heavy atom. The lowest BCUT2D eigenvalue weighted by molar-refractivity contribution is -0.428. The smallest absolute Gasteiger partial charge is 0.246 e. The average Bonchev–Trinajstić information content (AvgIpc) is 2.63. The molecule has 27 heavy (non-hydrogen) atoms. The number of unbranched alkanes of at least 4 members (excludes halogenated alkanes) is 4. The first-order valence-corrected chi connectivity index (χ1v) is 9.43. The maximum Gasteiger partial charge on any atom is 0.246 e. The summed E-state index contributed by atoms with van der Waals surface area (Å²) in [7, 11) is 0. The fourth-order valence-electron chi connectivity index (χ4n) is 2.30. The second-order valence-electron chi connectivity index (χ2n) is 6.08. The van der Waals surface area contributed by atoms with Crippen molar-refractivity contribution < 1.29 is 14.6 Å². The Kier molecular flexibility index (Phi) is 15.3. The summed E-state index contributed by atoms with van der Waals surface area (Å²) in [6.07, 6.45) is 17.6. The summed E-state index contributed by atoms with van der Waals surface area (Å²) < 4.78 is 0. The summed E-state index contributed by atoms with van der Waals surface area (Å²) in [4.78, 5) is 31.4. The molecule has 0 atom stereocenters. The number of carbonyl (C=O) groups is 1. The van der Waals surface area contributed by atoms with Gasteiger partial charge in [0.25, 0.3) is 0 Å². The second kappa shape index (κ2) is 16.9. The predicted octanol–water partition coefficient (Wildman–Crippen LogP) is 5.54. The summed E-state index contributed by atoms with van der Waals surface area (Å²) in [5.41, 5.74) is 0.248. The van der Waals surface area contributed by atoms with Crippen LogP contribution in [0.5, 0.6) is 0 Å². The van der Waals surface area contributed by atoms with Crippen LogP contribution in [-0.4, -0.2) is 16.1 Å². The van der Waals surface area contributed by atoms with E-state index in [1.165, 1.54) is 6.08 Å². The van der Waals surface area contributed by atoms with Crippen LogP contribution < -0.4 is 0 Å². The predicted molar refractivity (Wildman–Crippen MR) is 106 cm³/mol. The molecule has 0 aromatic heterocycles. The summed E-state index contributed by atoms with van der Waals surface area (Å²) in [5, 5.41) is 21.9. The Morgan fingerprint density at radius 3 is 2.00 bits per heavy atom. The SMILES string of the molecule is CCCCC/C=C\C/C(=C\C/C=C\C/C=C(\CCCC=O)[N+](=O)[O-])[N+](=O)[O-]. The van der Waals surface area contributed by atoms with Crippen LogP contribution in [0.3, 0.4) is 0 Å². The van der Waals surface area contributed by atoms with Crippen molar-refractivity contribution in [3.63, 3.8) is 0 Å². The van der Waals surface area contributed by atoms with Crippen LogP contribution in [-0.2, 0) is 4.79 Å². The number of hydrogen-bond acceptors (Lipinski definition) is 5. The molecule has 150 valence electrons. The fourth-order valence-corrected chi connectivity index (χ4v) is 2.30. The molecule has 0 aliphatic carbocycles. The first kappa shape index (κ1) is 24.4. The summed E-state index contributed by atoms with van der Waals surface area (Å²) in [6.45, 7) is 2.13. The van der Waals surface area contributed by atoms with E-state index in [-0.39, 0.29) is 22.7 Å². The van der Waals surface area contributed by atoms with Crippen LogP contribution in [0.25, 0.3) is 0 Å². The largest absolute Gasteiger partial charge is 0.303 e. The zero-order valence-electron chi connectivity index (χ0n) is 16.0. The molecular weight excluding hydrogens is 348 g/mol. The molecule has 0 aliphatic heterocycles. The van der Waals surface area contributed by atoms with E-state index in [4.69, 9.17) is 0 Å². The van der Waals surface area contributed by atoms with Crippen molar-refractivity contribution in [2.45, 2.75) is 71.1 Å². The third-order valence-electron chi connectivity index (χ3n) is 3.84. The molecule has 0 heterocycles. The molecule has 0 aliphatic rings. The van der Waals surface area contributed by atoms with Crippen LogP contribution in [0.1, 0.15) is 71.1 Å². The van der Waals surface area contributed by atoms with Gasteiger partial charge in [-0.25, -0.2) is 0 Å². The van der Waals surface area contributed by atoms with Gasteiger partial charge in [0.15, 0.2) is 0 Å². The average molecular weight is 378 g/mol. The van der Waals surface area contributed by atoms with E-state index in [9.17, 15) is 25.0 Å². The molecule has 0 spiro atoms. The molecule has 7 heteroatoms. The third-order valence-corrected chi connectivity index (χ3v) is 3.84. The minimum atomic E-state index is -0.434. The van der Waals surface area contributed by atoms with Crippen LogP contribution in [0.15, 0.2) is 47.9 Å². The van der Waals surface area contributed by atoms with Gasteiger partial charge in [-0.3, -0.25) is 20.2 Å². The Bertz CT molecular complexity index is 577. The van der Waals surface area contributed by atoms with Gasteiger partial charge in [0.1, 0.15) is 6.29 Å². The molecule has 0 saturated heterocycles. The molecule has 0 aromatic rings. The molecule has 0 N–H and O–H groups in total. The summed E-state index contributed by atoms with van der Waals surface area (Å²) >= 11 is 0. The van der Waals surface area contributed by atoms with Gasteiger partial charge >= 0.3 is 0 Å². The Labute approximate surface area is 160 Å². The van der Waals surface area contributed by atoms with Crippen LogP contribution in [0.2, 0.25) is 0 Å². The van der Waals surface area contributed by atoms with E-state index in [1.807, 2.05) is 12.2 Å². The van der Waals surface area contributed by atoms with Crippen molar-refractivity contribution in [2.24, 2.45) is 0 Å². The van der Waals surface area contributed by atoms with E-state index >= 15 is 0 Å². The summed E-state index contributed by atoms with van der Waals surface area (Å²) in [5.74, 6) is 0. The van der Waals surface area contributed by atoms with E-state index in [1.54, 1.807) is 18.2 Å². The molecule has 0 saturated carbocycles. The molecule has 0 unspecified atom stereocenters. The highest BCUT2D eigenvalue weighted by Gasteiger charge is 2.08. The molecule has 7 nitrogen and oxygen atoms in total. The molecular formula is C20H30N2O5.